The Kier molecular flexibility index (Phi) is 4.78. The third-order valence-corrected chi connectivity index (χ3v) is 3.67. The lowest BCUT2D eigenvalue weighted by Crippen LogP contribution is -2.56. The van der Waals surface area contributed by atoms with Gasteiger partial charge in [-0.2, -0.15) is 5.26 Å². The topological polar surface area (TPSA) is 99.6 Å². The van der Waals surface area contributed by atoms with Crippen molar-refractivity contribution in [3.63, 3.8) is 0 Å². The van der Waals surface area contributed by atoms with E-state index >= 15 is 0 Å². The van der Waals surface area contributed by atoms with E-state index in [1.807, 2.05) is 11.0 Å². The number of β-amino-alcohol motifs (C(OH)–C–C–N with tert-alkyl or cyclic N) is 1. The van der Waals surface area contributed by atoms with Crippen LogP contribution in [0.25, 0.3) is 0 Å². The summed E-state index contributed by atoms with van der Waals surface area (Å²) in [5.41, 5.74) is 4.40. The lowest BCUT2D eigenvalue weighted by Gasteiger charge is -2.36. The molecule has 0 saturated carbocycles. The molecule has 0 spiro atoms. The lowest BCUT2D eigenvalue weighted by atomic mass is 9.92. The number of rotatable bonds is 5. The van der Waals surface area contributed by atoms with Crippen LogP contribution in [0.4, 0.5) is 0 Å². The Balaban J connectivity index is 1.80. The lowest BCUT2D eigenvalue weighted by molar-refractivity contribution is -0.142. The minimum absolute atomic E-state index is 0.249. The molecular weight excluding hydrogens is 270 g/mol. The van der Waals surface area contributed by atoms with Crippen LogP contribution in [0.5, 0.6) is 5.75 Å². The van der Waals surface area contributed by atoms with Crippen molar-refractivity contribution < 1.29 is 14.6 Å². The number of hydrogen-bond acceptors (Lipinski definition) is 5. The molecule has 1 aromatic carbocycles. The highest BCUT2D eigenvalue weighted by molar-refractivity contribution is 5.83. The van der Waals surface area contributed by atoms with Gasteiger partial charge in [0, 0.05) is 13.1 Å². The van der Waals surface area contributed by atoms with Crippen LogP contribution in [0.1, 0.15) is 18.4 Å². The molecule has 0 aromatic heterocycles. The van der Waals surface area contributed by atoms with Crippen molar-refractivity contribution >= 4 is 5.91 Å². The van der Waals surface area contributed by atoms with E-state index in [0.717, 1.165) is 13.0 Å². The van der Waals surface area contributed by atoms with Gasteiger partial charge in [-0.05, 0) is 43.7 Å². The first-order chi connectivity index (χ1) is 10.0. The van der Waals surface area contributed by atoms with Crippen LogP contribution in [0.2, 0.25) is 0 Å². The summed E-state index contributed by atoms with van der Waals surface area (Å²) in [6.45, 7) is 2.11. The first kappa shape index (κ1) is 15.3. The number of nitriles is 1. The molecule has 1 fully saturated rings. The highest BCUT2D eigenvalue weighted by atomic mass is 16.5. The number of nitrogens with two attached hydrogens (primary N) is 1. The second kappa shape index (κ2) is 6.57. The van der Waals surface area contributed by atoms with E-state index in [-0.39, 0.29) is 6.54 Å². The zero-order valence-electron chi connectivity index (χ0n) is 11.8. The first-order valence-electron chi connectivity index (χ1n) is 6.91. The standard InChI is InChI=1S/C15H19N3O3/c16-10-12-2-4-13(5-3-12)21-9-8-18-7-1-6-15(20,11-18)14(17)19/h2-5,20H,1,6-9,11H2,(H2,17,19)/t15-/m1/s1. The molecule has 1 aromatic rings. The number of nitrogens with zero attached hydrogens (tertiary/aromatic N) is 2. The Morgan fingerprint density at radius 3 is 2.81 bits per heavy atom. The highest BCUT2D eigenvalue weighted by Crippen LogP contribution is 2.20. The molecule has 1 saturated heterocycles. The van der Waals surface area contributed by atoms with Gasteiger partial charge in [-0.1, -0.05) is 0 Å². The fourth-order valence-corrected chi connectivity index (χ4v) is 2.43. The molecule has 0 unspecified atom stereocenters. The molecule has 0 radical (unpaired) electrons. The van der Waals surface area contributed by atoms with Crippen LogP contribution >= 0.6 is 0 Å². The SMILES string of the molecule is N#Cc1ccc(OCCN2CCC[C@](O)(C(N)=O)C2)cc1. The Morgan fingerprint density at radius 2 is 2.19 bits per heavy atom. The zero-order chi connectivity index (χ0) is 15.3. The molecule has 1 heterocycles. The van der Waals surface area contributed by atoms with Crippen molar-refractivity contribution in [2.75, 3.05) is 26.2 Å². The van der Waals surface area contributed by atoms with E-state index in [4.69, 9.17) is 15.7 Å². The Hall–Kier alpha value is -2.10. The summed E-state index contributed by atoms with van der Waals surface area (Å²) >= 11 is 0. The number of ether oxygens (including phenoxy) is 1. The van der Waals surface area contributed by atoms with Gasteiger partial charge in [-0.15, -0.1) is 0 Å². The number of aliphatic hydroxyl groups is 1. The maximum Gasteiger partial charge on any atom is 0.250 e. The van der Waals surface area contributed by atoms with Crippen molar-refractivity contribution in [3.8, 4) is 11.8 Å². The number of likely N-dealkylation sites (tertiary alicyclic amines) is 1. The van der Waals surface area contributed by atoms with Crippen molar-refractivity contribution in [3.05, 3.63) is 29.8 Å². The first-order valence-corrected chi connectivity index (χ1v) is 6.91. The summed E-state index contributed by atoms with van der Waals surface area (Å²) in [5.74, 6) is 0.0244. The molecule has 0 bridgehead atoms. The van der Waals surface area contributed by atoms with E-state index in [1.165, 1.54) is 0 Å². The number of carbonyl (C=O) groups excluding carboxylic acids is 1. The molecule has 2 rings (SSSR count). The third-order valence-electron chi connectivity index (χ3n) is 3.67. The van der Waals surface area contributed by atoms with Crippen molar-refractivity contribution in [1.82, 2.24) is 4.90 Å². The monoisotopic (exact) mass is 289 g/mol. The van der Waals surface area contributed by atoms with Crippen LogP contribution in [-0.2, 0) is 4.79 Å². The molecule has 3 N–H and O–H groups in total. The van der Waals surface area contributed by atoms with Gasteiger partial charge in [0.25, 0.3) is 5.91 Å². The molecular formula is C15H19N3O3. The van der Waals surface area contributed by atoms with Gasteiger partial charge in [0.2, 0.25) is 0 Å². The zero-order valence-corrected chi connectivity index (χ0v) is 11.8. The minimum atomic E-state index is -1.42. The molecule has 1 atom stereocenters. The van der Waals surface area contributed by atoms with Gasteiger partial charge in [0.15, 0.2) is 5.60 Å². The van der Waals surface area contributed by atoms with Crippen molar-refractivity contribution in [2.45, 2.75) is 18.4 Å². The van der Waals surface area contributed by atoms with Gasteiger partial charge in [0.1, 0.15) is 12.4 Å². The fourth-order valence-electron chi connectivity index (χ4n) is 2.43. The van der Waals surface area contributed by atoms with Crippen LogP contribution in [0, 0.1) is 11.3 Å². The number of amides is 1. The molecule has 1 aliphatic heterocycles. The van der Waals surface area contributed by atoms with Gasteiger partial charge < -0.3 is 15.6 Å². The fraction of sp³-hybridized carbons (Fsp3) is 0.467. The Morgan fingerprint density at radius 1 is 1.48 bits per heavy atom. The maximum absolute atomic E-state index is 11.3. The molecule has 6 nitrogen and oxygen atoms in total. The molecule has 1 amide bonds. The second-order valence-corrected chi connectivity index (χ2v) is 5.26. The van der Waals surface area contributed by atoms with Gasteiger partial charge >= 0.3 is 0 Å². The summed E-state index contributed by atoms with van der Waals surface area (Å²) in [6, 6.07) is 8.93. The number of primary amides is 1. The van der Waals surface area contributed by atoms with Crippen molar-refractivity contribution in [1.29, 1.82) is 5.26 Å². The predicted octanol–water partition coefficient (Wildman–Crippen LogP) is 0.249. The van der Waals surface area contributed by atoms with E-state index in [2.05, 4.69) is 0 Å². The Labute approximate surface area is 123 Å². The molecule has 1 aliphatic rings. The van der Waals surface area contributed by atoms with Gasteiger partial charge in [-0.3, -0.25) is 9.69 Å². The number of piperidine rings is 1. The quantitative estimate of drug-likeness (QED) is 0.809. The average Bonchev–Trinajstić information content (AvgIpc) is 2.48. The van der Waals surface area contributed by atoms with Crippen LogP contribution in [0.3, 0.4) is 0 Å². The van der Waals surface area contributed by atoms with Gasteiger partial charge in [-0.25, -0.2) is 0 Å². The second-order valence-electron chi connectivity index (χ2n) is 5.26. The number of carbonyl (C=O) groups is 1. The normalized spacial score (nSPS) is 22.5. The Bertz CT molecular complexity index is 538. The van der Waals surface area contributed by atoms with E-state index in [1.54, 1.807) is 24.3 Å². The number of hydrogen-bond donors (Lipinski definition) is 2. The highest BCUT2D eigenvalue weighted by Gasteiger charge is 2.38. The molecule has 21 heavy (non-hydrogen) atoms. The van der Waals surface area contributed by atoms with Crippen molar-refractivity contribution in [2.24, 2.45) is 5.73 Å². The molecule has 112 valence electrons. The van der Waals surface area contributed by atoms with Gasteiger partial charge in [0.05, 0.1) is 11.6 Å². The maximum atomic E-state index is 11.3. The summed E-state index contributed by atoms with van der Waals surface area (Å²) in [6.07, 6.45) is 1.14. The van der Waals surface area contributed by atoms with E-state index in [9.17, 15) is 9.90 Å². The average molecular weight is 289 g/mol. The summed E-state index contributed by atoms with van der Waals surface area (Å²) < 4.78 is 5.59. The van der Waals surface area contributed by atoms with Crippen LogP contribution in [-0.4, -0.2) is 47.8 Å². The van der Waals surface area contributed by atoms with E-state index < -0.39 is 11.5 Å². The summed E-state index contributed by atoms with van der Waals surface area (Å²) in [4.78, 5) is 13.2. The van der Waals surface area contributed by atoms with Crippen LogP contribution in [0.15, 0.2) is 24.3 Å². The molecule has 0 aliphatic carbocycles. The summed E-state index contributed by atoms with van der Waals surface area (Å²) in [7, 11) is 0. The van der Waals surface area contributed by atoms with E-state index in [0.29, 0.717) is 30.9 Å². The third kappa shape index (κ3) is 3.94. The summed E-state index contributed by atoms with van der Waals surface area (Å²) in [5, 5.41) is 18.8. The molecule has 6 heteroatoms. The number of benzene rings is 1. The van der Waals surface area contributed by atoms with Crippen LogP contribution < -0.4 is 10.5 Å². The minimum Gasteiger partial charge on any atom is -0.492 e. The predicted molar refractivity (Wildman–Crippen MR) is 76.5 cm³/mol. The largest absolute Gasteiger partial charge is 0.492 e. The smallest absolute Gasteiger partial charge is 0.250 e.